The zero-order valence-corrected chi connectivity index (χ0v) is 15.1. The van der Waals surface area contributed by atoms with Gasteiger partial charge < -0.3 is 10.2 Å². The maximum absolute atomic E-state index is 5.87. The van der Waals surface area contributed by atoms with Gasteiger partial charge in [-0.2, -0.15) is 0 Å². The lowest BCUT2D eigenvalue weighted by molar-refractivity contribution is 0.343. The first kappa shape index (κ1) is 16.6. The fraction of sp³-hybridized carbons (Fsp3) is 0.500. The summed E-state index contributed by atoms with van der Waals surface area (Å²) >= 11 is 5.87. The molecule has 1 aliphatic heterocycles. The van der Waals surface area contributed by atoms with Crippen LogP contribution in [0.25, 0.3) is 0 Å². The van der Waals surface area contributed by atoms with E-state index >= 15 is 0 Å². The highest BCUT2D eigenvalue weighted by molar-refractivity contribution is 6.30. The number of hydrogen-bond donors (Lipinski definition) is 1. The van der Waals surface area contributed by atoms with Crippen molar-refractivity contribution in [3.05, 3.63) is 47.7 Å². The van der Waals surface area contributed by atoms with Crippen LogP contribution in [0, 0.1) is 23.8 Å². The lowest BCUT2D eigenvalue weighted by Gasteiger charge is -2.32. The Kier molecular flexibility index (Phi) is 5.07. The highest BCUT2D eigenvalue weighted by Gasteiger charge is 2.43. The minimum atomic E-state index is 0.599. The Morgan fingerprint density at radius 2 is 1.88 bits per heavy atom. The molecule has 0 amide bonds. The van der Waals surface area contributed by atoms with Crippen LogP contribution in [-0.4, -0.2) is 29.6 Å². The normalized spacial score (nSPS) is 23.5. The van der Waals surface area contributed by atoms with Crippen LogP contribution in [0.3, 0.4) is 0 Å². The third-order valence-corrected chi connectivity index (χ3v) is 5.77. The molecule has 1 saturated carbocycles. The summed E-state index contributed by atoms with van der Waals surface area (Å²) in [4.78, 5) is 11.0. The first-order chi connectivity index (χ1) is 12.3. The summed E-state index contributed by atoms with van der Waals surface area (Å²) < 4.78 is 0. The lowest BCUT2D eigenvalue weighted by Crippen LogP contribution is -2.35. The Morgan fingerprint density at radius 3 is 2.60 bits per heavy atom. The quantitative estimate of drug-likeness (QED) is 0.839. The molecule has 0 bridgehead atoms. The molecule has 2 atom stereocenters. The Morgan fingerprint density at radius 1 is 1.16 bits per heavy atom. The number of rotatable bonds is 6. The molecule has 1 aliphatic carbocycles. The van der Waals surface area contributed by atoms with Gasteiger partial charge in [-0.3, -0.25) is 0 Å². The minimum Gasteiger partial charge on any atom is -0.385 e. The lowest BCUT2D eigenvalue weighted by atomic mass is 9.90. The van der Waals surface area contributed by atoms with Gasteiger partial charge in [0.1, 0.15) is 0 Å². The van der Waals surface area contributed by atoms with Gasteiger partial charge in [0.15, 0.2) is 0 Å². The summed E-state index contributed by atoms with van der Waals surface area (Å²) in [7, 11) is 0. The van der Waals surface area contributed by atoms with Crippen LogP contribution in [0.15, 0.2) is 36.7 Å². The fourth-order valence-electron chi connectivity index (χ4n) is 4.08. The Bertz CT molecular complexity index is 668. The molecule has 131 valence electrons. The maximum atomic E-state index is 5.87. The van der Waals surface area contributed by atoms with Gasteiger partial charge in [0.2, 0.25) is 5.95 Å². The summed E-state index contributed by atoms with van der Waals surface area (Å²) in [5.74, 6) is 3.53. The molecule has 5 heteroatoms. The van der Waals surface area contributed by atoms with E-state index in [2.05, 4.69) is 38.4 Å². The van der Waals surface area contributed by atoms with E-state index in [1.165, 1.54) is 31.4 Å². The van der Waals surface area contributed by atoms with Crippen molar-refractivity contribution >= 4 is 23.2 Å². The van der Waals surface area contributed by atoms with Crippen molar-refractivity contribution in [3.63, 3.8) is 0 Å². The molecular formula is C20H24ClN4. The van der Waals surface area contributed by atoms with E-state index in [1.807, 2.05) is 12.1 Å². The van der Waals surface area contributed by atoms with Crippen LogP contribution < -0.4 is 10.2 Å². The second-order valence-electron chi connectivity index (χ2n) is 7.19. The minimum absolute atomic E-state index is 0.599. The number of benzene rings is 1. The van der Waals surface area contributed by atoms with E-state index in [4.69, 9.17) is 11.6 Å². The number of nitrogens with one attached hydrogen (secondary N) is 1. The number of halogens is 1. The first-order valence-corrected chi connectivity index (χ1v) is 9.60. The highest BCUT2D eigenvalue weighted by atomic mass is 35.5. The molecule has 1 aromatic heterocycles. The highest BCUT2D eigenvalue weighted by Crippen LogP contribution is 2.49. The predicted octanol–water partition coefficient (Wildman–Crippen LogP) is 4.28. The first-order valence-electron chi connectivity index (χ1n) is 9.22. The Labute approximate surface area is 154 Å². The molecule has 2 aromatic rings. The van der Waals surface area contributed by atoms with Crippen molar-refractivity contribution in [3.8, 4) is 0 Å². The van der Waals surface area contributed by atoms with E-state index in [0.717, 1.165) is 43.3 Å². The molecule has 4 rings (SSSR count). The summed E-state index contributed by atoms with van der Waals surface area (Å²) in [6.07, 6.45) is 8.58. The molecule has 1 saturated heterocycles. The fourth-order valence-corrected chi connectivity index (χ4v) is 4.18. The number of anilines is 2. The summed E-state index contributed by atoms with van der Waals surface area (Å²) in [6.45, 7) is 3.20. The Hall–Kier alpha value is -1.81. The van der Waals surface area contributed by atoms with Crippen LogP contribution >= 0.6 is 11.6 Å². The van der Waals surface area contributed by atoms with Crippen LogP contribution in [0.2, 0.25) is 5.02 Å². The van der Waals surface area contributed by atoms with Gasteiger partial charge >= 0.3 is 0 Å². The molecule has 2 heterocycles. The number of nitrogens with zero attached hydrogens (tertiary/aromatic N) is 3. The van der Waals surface area contributed by atoms with Gasteiger partial charge in [-0.05, 0) is 61.6 Å². The maximum Gasteiger partial charge on any atom is 0.225 e. The van der Waals surface area contributed by atoms with Gasteiger partial charge in [-0.15, -0.1) is 0 Å². The van der Waals surface area contributed by atoms with E-state index < -0.39 is 0 Å². The topological polar surface area (TPSA) is 41.1 Å². The van der Waals surface area contributed by atoms with Crippen LogP contribution in [0.1, 0.15) is 25.7 Å². The molecular weight excluding hydrogens is 332 g/mol. The molecule has 0 spiro atoms. The third-order valence-electron chi connectivity index (χ3n) is 5.57. The van der Waals surface area contributed by atoms with Gasteiger partial charge in [0.05, 0.1) is 17.4 Å². The zero-order valence-electron chi connectivity index (χ0n) is 14.4. The van der Waals surface area contributed by atoms with Gasteiger partial charge in [-0.1, -0.05) is 23.7 Å². The molecule has 2 aliphatic rings. The van der Waals surface area contributed by atoms with Crippen molar-refractivity contribution < 1.29 is 0 Å². The van der Waals surface area contributed by atoms with Gasteiger partial charge in [0, 0.05) is 25.3 Å². The smallest absolute Gasteiger partial charge is 0.225 e. The standard InChI is InChI=1S/C20H24ClN4/c21-17-13-23-20(24-14-17)25-10-7-15(8-11-25)19-12-16(19)6-9-22-18-4-2-1-3-5-18/h2-5,13-16,19,22H,6-12H2/t16-,19-/m1/s1. The largest absolute Gasteiger partial charge is 0.385 e. The van der Waals surface area contributed by atoms with Crippen molar-refractivity contribution in [1.82, 2.24) is 9.97 Å². The average molecular weight is 356 g/mol. The van der Waals surface area contributed by atoms with E-state index in [1.54, 1.807) is 12.4 Å². The molecule has 1 N–H and O–H groups in total. The number of aromatic nitrogens is 2. The zero-order chi connectivity index (χ0) is 17.1. The van der Waals surface area contributed by atoms with Crippen molar-refractivity contribution in [2.45, 2.75) is 25.7 Å². The molecule has 1 aromatic carbocycles. The van der Waals surface area contributed by atoms with Crippen molar-refractivity contribution in [2.24, 2.45) is 17.8 Å². The van der Waals surface area contributed by atoms with E-state index in [-0.39, 0.29) is 0 Å². The predicted molar refractivity (Wildman–Crippen MR) is 102 cm³/mol. The third kappa shape index (κ3) is 4.24. The molecule has 1 radical (unpaired) electrons. The summed E-state index contributed by atoms with van der Waals surface area (Å²) in [5.41, 5.74) is 1.20. The van der Waals surface area contributed by atoms with Crippen LogP contribution in [-0.2, 0) is 0 Å². The SMILES string of the molecule is Clc1cnc(N2CCC([C@H]3C[C@H]3CCNc3cc[c]cc3)CC2)nc1. The van der Waals surface area contributed by atoms with Crippen LogP contribution in [0.5, 0.6) is 0 Å². The molecule has 0 unspecified atom stereocenters. The summed E-state index contributed by atoms with van der Waals surface area (Å²) in [6, 6.07) is 11.1. The summed E-state index contributed by atoms with van der Waals surface area (Å²) in [5, 5.41) is 4.12. The number of hydrogen-bond acceptors (Lipinski definition) is 4. The van der Waals surface area contributed by atoms with E-state index in [0.29, 0.717) is 5.02 Å². The van der Waals surface area contributed by atoms with Gasteiger partial charge in [0.25, 0.3) is 0 Å². The second kappa shape index (κ2) is 7.61. The van der Waals surface area contributed by atoms with Crippen molar-refractivity contribution in [2.75, 3.05) is 29.9 Å². The van der Waals surface area contributed by atoms with E-state index in [9.17, 15) is 0 Å². The molecule has 4 nitrogen and oxygen atoms in total. The van der Waals surface area contributed by atoms with Crippen LogP contribution in [0.4, 0.5) is 11.6 Å². The molecule has 25 heavy (non-hydrogen) atoms. The van der Waals surface area contributed by atoms with Gasteiger partial charge in [-0.25, -0.2) is 9.97 Å². The average Bonchev–Trinajstić information content (AvgIpc) is 3.43. The monoisotopic (exact) mass is 355 g/mol. The van der Waals surface area contributed by atoms with Crippen molar-refractivity contribution in [1.29, 1.82) is 0 Å². The Balaban J connectivity index is 1.18. The second-order valence-corrected chi connectivity index (χ2v) is 7.63. The molecule has 2 fully saturated rings. The number of piperidine rings is 1.